The van der Waals surface area contributed by atoms with Gasteiger partial charge >= 0.3 is 0 Å². The third-order valence-electron chi connectivity index (χ3n) is 4.29. The fourth-order valence-corrected chi connectivity index (χ4v) is 3.29. The van der Waals surface area contributed by atoms with Crippen LogP contribution in [0.2, 0.25) is 0 Å². The first-order chi connectivity index (χ1) is 9.02. The Morgan fingerprint density at radius 2 is 2.00 bits per heavy atom. The van der Waals surface area contributed by atoms with Crippen LogP contribution in [0.4, 0.5) is 0 Å². The molecule has 0 unspecified atom stereocenters. The van der Waals surface area contributed by atoms with E-state index < -0.39 is 0 Å². The molecule has 0 amide bonds. The van der Waals surface area contributed by atoms with Crippen molar-refractivity contribution in [1.82, 2.24) is 0 Å². The maximum Gasteiger partial charge on any atom is 0.0629 e. The largest absolute Gasteiger partial charge is 0.376 e. The lowest BCUT2D eigenvalue weighted by atomic mass is 9.75. The number of aryl methyl sites for hydroxylation is 1. The molecule has 0 radical (unpaired) electrons. The van der Waals surface area contributed by atoms with Crippen molar-refractivity contribution in [3.8, 4) is 0 Å². The molecule has 2 N–H and O–H groups in total. The molecule has 1 aliphatic rings. The summed E-state index contributed by atoms with van der Waals surface area (Å²) in [6.45, 7) is 8.18. The molecular formula is C17H27NO. The van der Waals surface area contributed by atoms with Crippen molar-refractivity contribution in [3.05, 3.63) is 35.4 Å². The minimum atomic E-state index is 0.0143. The van der Waals surface area contributed by atoms with Crippen molar-refractivity contribution in [2.45, 2.75) is 51.6 Å². The van der Waals surface area contributed by atoms with Gasteiger partial charge in [0.1, 0.15) is 0 Å². The molecule has 2 nitrogen and oxygen atoms in total. The number of nitrogens with two attached hydrogens (primary N) is 1. The Labute approximate surface area is 117 Å². The minimum absolute atomic E-state index is 0.0143. The first-order valence-corrected chi connectivity index (χ1v) is 7.42. The molecule has 0 bridgehead atoms. The predicted molar refractivity (Wildman–Crippen MR) is 80.3 cm³/mol. The van der Waals surface area contributed by atoms with Crippen LogP contribution in [0.3, 0.4) is 0 Å². The quantitative estimate of drug-likeness (QED) is 0.898. The fourth-order valence-electron chi connectivity index (χ4n) is 3.29. The van der Waals surface area contributed by atoms with Gasteiger partial charge in [-0.15, -0.1) is 0 Å². The van der Waals surface area contributed by atoms with E-state index in [1.165, 1.54) is 11.1 Å². The summed E-state index contributed by atoms with van der Waals surface area (Å²) in [6, 6.07) is 8.98. The Morgan fingerprint density at radius 1 is 1.32 bits per heavy atom. The van der Waals surface area contributed by atoms with E-state index in [9.17, 15) is 0 Å². The topological polar surface area (TPSA) is 35.2 Å². The Hall–Kier alpha value is -0.860. The summed E-state index contributed by atoms with van der Waals surface area (Å²) in [4.78, 5) is 0. The monoisotopic (exact) mass is 261 g/mol. The normalized spacial score (nSPS) is 24.1. The molecule has 0 aromatic heterocycles. The molecule has 2 rings (SSSR count). The summed E-state index contributed by atoms with van der Waals surface area (Å²) in [5, 5.41) is 0. The van der Waals surface area contributed by atoms with E-state index in [4.69, 9.17) is 10.5 Å². The summed E-state index contributed by atoms with van der Waals surface area (Å²) in [6.07, 6.45) is 3.36. The van der Waals surface area contributed by atoms with Crippen molar-refractivity contribution in [3.63, 3.8) is 0 Å². The zero-order chi connectivity index (χ0) is 13.9. The molecule has 1 aromatic carbocycles. The van der Waals surface area contributed by atoms with Crippen LogP contribution < -0.4 is 5.73 Å². The van der Waals surface area contributed by atoms with Crippen LogP contribution in [-0.2, 0) is 4.74 Å². The Morgan fingerprint density at radius 3 is 2.58 bits per heavy atom. The Bertz CT molecular complexity index is 396. The standard InChI is InChI=1S/C17H27NO/c1-13-4-6-14(7-5-13)16(8-10-18)15-9-11-19-17(2,3)12-15/h4-7,15-16H,8-12,18H2,1-3H3/t15-,16+/m1/s1. The number of ether oxygens (including phenoxy) is 1. The average molecular weight is 261 g/mol. The zero-order valence-electron chi connectivity index (χ0n) is 12.5. The molecule has 19 heavy (non-hydrogen) atoms. The highest BCUT2D eigenvalue weighted by molar-refractivity contribution is 5.25. The summed E-state index contributed by atoms with van der Waals surface area (Å²) in [5.41, 5.74) is 8.62. The van der Waals surface area contributed by atoms with Gasteiger partial charge in [-0.3, -0.25) is 0 Å². The summed E-state index contributed by atoms with van der Waals surface area (Å²) < 4.78 is 5.85. The third-order valence-corrected chi connectivity index (χ3v) is 4.29. The number of hydrogen-bond acceptors (Lipinski definition) is 2. The molecule has 0 spiro atoms. The van der Waals surface area contributed by atoms with Gasteiger partial charge in [-0.25, -0.2) is 0 Å². The van der Waals surface area contributed by atoms with E-state index in [0.717, 1.165) is 32.4 Å². The Balaban J connectivity index is 2.17. The second-order valence-electron chi connectivity index (χ2n) is 6.46. The van der Waals surface area contributed by atoms with Crippen molar-refractivity contribution in [2.75, 3.05) is 13.2 Å². The summed E-state index contributed by atoms with van der Waals surface area (Å²) in [7, 11) is 0. The molecule has 1 aliphatic heterocycles. The molecule has 1 fully saturated rings. The molecule has 1 saturated heterocycles. The highest BCUT2D eigenvalue weighted by Crippen LogP contribution is 2.39. The van der Waals surface area contributed by atoms with Crippen LogP contribution >= 0.6 is 0 Å². The van der Waals surface area contributed by atoms with E-state index in [0.29, 0.717) is 11.8 Å². The molecule has 106 valence electrons. The second-order valence-corrected chi connectivity index (χ2v) is 6.46. The first-order valence-electron chi connectivity index (χ1n) is 7.42. The number of hydrogen-bond donors (Lipinski definition) is 1. The predicted octanol–water partition coefficient (Wildman–Crippen LogP) is 3.63. The second kappa shape index (κ2) is 6.06. The third kappa shape index (κ3) is 3.80. The molecular weight excluding hydrogens is 234 g/mol. The van der Waals surface area contributed by atoms with Crippen molar-refractivity contribution in [1.29, 1.82) is 0 Å². The van der Waals surface area contributed by atoms with Gasteiger partial charge in [-0.2, -0.15) is 0 Å². The van der Waals surface area contributed by atoms with Crippen molar-refractivity contribution < 1.29 is 4.74 Å². The SMILES string of the molecule is Cc1ccc([C@H](CCN)[C@@H]2CCOC(C)(C)C2)cc1. The number of rotatable bonds is 4. The van der Waals surface area contributed by atoms with E-state index in [2.05, 4.69) is 45.0 Å². The summed E-state index contributed by atoms with van der Waals surface area (Å²) in [5.74, 6) is 1.27. The van der Waals surface area contributed by atoms with Crippen molar-refractivity contribution >= 4 is 0 Å². The maximum atomic E-state index is 5.85. The zero-order valence-corrected chi connectivity index (χ0v) is 12.5. The molecule has 2 heteroatoms. The van der Waals surface area contributed by atoms with Gasteiger partial charge in [0, 0.05) is 6.61 Å². The fraction of sp³-hybridized carbons (Fsp3) is 0.647. The Kier molecular flexibility index (Phi) is 4.64. The van der Waals surface area contributed by atoms with Gasteiger partial charge < -0.3 is 10.5 Å². The average Bonchev–Trinajstić information content (AvgIpc) is 2.36. The molecule has 2 atom stereocenters. The smallest absolute Gasteiger partial charge is 0.0629 e. The lowest BCUT2D eigenvalue weighted by molar-refractivity contribution is -0.0771. The number of benzene rings is 1. The van der Waals surface area contributed by atoms with Crippen LogP contribution in [-0.4, -0.2) is 18.8 Å². The van der Waals surface area contributed by atoms with E-state index in [-0.39, 0.29) is 5.60 Å². The summed E-state index contributed by atoms with van der Waals surface area (Å²) >= 11 is 0. The highest BCUT2D eigenvalue weighted by Gasteiger charge is 2.33. The van der Waals surface area contributed by atoms with Gasteiger partial charge in [0.2, 0.25) is 0 Å². The lowest BCUT2D eigenvalue weighted by Crippen LogP contribution is -2.36. The van der Waals surface area contributed by atoms with Crippen LogP contribution in [0.5, 0.6) is 0 Å². The van der Waals surface area contributed by atoms with E-state index in [1.807, 2.05) is 0 Å². The van der Waals surface area contributed by atoms with Crippen molar-refractivity contribution in [2.24, 2.45) is 11.7 Å². The van der Waals surface area contributed by atoms with Gasteiger partial charge in [-0.05, 0) is 64.0 Å². The molecule has 0 saturated carbocycles. The van der Waals surface area contributed by atoms with Gasteiger partial charge in [-0.1, -0.05) is 29.8 Å². The molecule has 0 aliphatic carbocycles. The van der Waals surface area contributed by atoms with Crippen LogP contribution in [0.1, 0.15) is 50.2 Å². The first kappa shape index (κ1) is 14.5. The van der Waals surface area contributed by atoms with Gasteiger partial charge in [0.25, 0.3) is 0 Å². The maximum absolute atomic E-state index is 5.85. The van der Waals surface area contributed by atoms with E-state index >= 15 is 0 Å². The van der Waals surface area contributed by atoms with Crippen LogP contribution in [0.25, 0.3) is 0 Å². The highest BCUT2D eigenvalue weighted by atomic mass is 16.5. The van der Waals surface area contributed by atoms with Crippen LogP contribution in [0.15, 0.2) is 24.3 Å². The van der Waals surface area contributed by atoms with Crippen LogP contribution in [0, 0.1) is 12.8 Å². The molecule has 1 aromatic rings. The molecule has 1 heterocycles. The van der Waals surface area contributed by atoms with Gasteiger partial charge in [0.05, 0.1) is 5.60 Å². The minimum Gasteiger partial charge on any atom is -0.376 e. The van der Waals surface area contributed by atoms with Gasteiger partial charge in [0.15, 0.2) is 0 Å². The van der Waals surface area contributed by atoms with E-state index in [1.54, 1.807) is 0 Å². The lowest BCUT2D eigenvalue weighted by Gasteiger charge is -2.39.